The van der Waals surface area contributed by atoms with Gasteiger partial charge in [0.15, 0.2) is 11.5 Å². The second-order valence-corrected chi connectivity index (χ2v) is 7.72. The Balaban J connectivity index is 0.000000352. The number of anilines is 1. The zero-order chi connectivity index (χ0) is 23.1. The maximum atomic E-state index is 12.1. The Bertz CT molecular complexity index is 1090. The van der Waals surface area contributed by atoms with Crippen LogP contribution in [0, 0.1) is 0 Å². The van der Waals surface area contributed by atoms with Crippen molar-refractivity contribution in [2.75, 3.05) is 20.0 Å². The van der Waals surface area contributed by atoms with E-state index >= 15 is 0 Å². The van der Waals surface area contributed by atoms with Gasteiger partial charge in [-0.3, -0.25) is 4.79 Å². The Labute approximate surface area is 194 Å². The quantitative estimate of drug-likeness (QED) is 0.436. The van der Waals surface area contributed by atoms with Crippen LogP contribution in [0.15, 0.2) is 82.8 Å². The van der Waals surface area contributed by atoms with Crippen LogP contribution < -0.4 is 15.2 Å². The zero-order valence-corrected chi connectivity index (χ0v) is 19.3. The van der Waals surface area contributed by atoms with Gasteiger partial charge >= 0.3 is 0 Å². The van der Waals surface area contributed by atoms with Crippen LogP contribution in [0.3, 0.4) is 0 Å². The van der Waals surface area contributed by atoms with Crippen LogP contribution in [0.25, 0.3) is 0 Å². The Kier molecular flexibility index (Phi) is 7.78. The molecule has 1 aliphatic heterocycles. The lowest BCUT2D eigenvalue weighted by molar-refractivity contribution is -0.130. The molecule has 1 heterocycles. The third kappa shape index (κ3) is 5.62. The molecule has 7 heteroatoms. The molecule has 3 aromatic rings. The number of thiol groups is 1. The molecule has 1 unspecified atom stereocenters. The van der Waals surface area contributed by atoms with Crippen LogP contribution in [0.1, 0.15) is 30.5 Å². The van der Waals surface area contributed by atoms with Crippen LogP contribution in [0.4, 0.5) is 5.69 Å². The van der Waals surface area contributed by atoms with Gasteiger partial charge in [-0.15, -0.1) is 12.6 Å². The van der Waals surface area contributed by atoms with E-state index in [4.69, 9.17) is 15.2 Å². The van der Waals surface area contributed by atoms with Gasteiger partial charge in [-0.25, -0.2) is 5.01 Å². The molecule has 0 aliphatic carbocycles. The largest absolute Gasteiger partial charge is 0.493 e. The average molecular weight is 450 g/mol. The molecule has 0 radical (unpaired) electrons. The lowest BCUT2D eigenvalue weighted by atomic mass is 9.98. The monoisotopic (exact) mass is 449 g/mol. The summed E-state index contributed by atoms with van der Waals surface area (Å²) in [6, 6.07) is 22.8. The predicted octanol–water partition coefficient (Wildman–Crippen LogP) is 4.96. The van der Waals surface area contributed by atoms with E-state index in [1.807, 2.05) is 72.8 Å². The number of carbonyl (C=O) groups excluding carboxylic acids is 1. The Morgan fingerprint density at radius 2 is 1.66 bits per heavy atom. The first-order valence-corrected chi connectivity index (χ1v) is 10.6. The summed E-state index contributed by atoms with van der Waals surface area (Å²) in [5, 5.41) is 6.05. The maximum absolute atomic E-state index is 12.1. The van der Waals surface area contributed by atoms with Gasteiger partial charge in [-0.05, 0) is 47.5 Å². The number of rotatable bonds is 4. The fourth-order valence-corrected chi connectivity index (χ4v) is 3.57. The molecule has 1 amide bonds. The van der Waals surface area contributed by atoms with E-state index in [9.17, 15) is 4.79 Å². The molecule has 1 atom stereocenters. The minimum Gasteiger partial charge on any atom is -0.493 e. The molecule has 6 nitrogen and oxygen atoms in total. The molecule has 0 bridgehead atoms. The maximum Gasteiger partial charge on any atom is 0.240 e. The van der Waals surface area contributed by atoms with Crippen molar-refractivity contribution in [2.24, 2.45) is 5.10 Å². The fourth-order valence-electron chi connectivity index (χ4n) is 3.40. The summed E-state index contributed by atoms with van der Waals surface area (Å²) in [4.78, 5) is 13.1. The molecule has 166 valence electrons. The molecular weight excluding hydrogens is 422 g/mol. The lowest BCUT2D eigenvalue weighted by Crippen LogP contribution is -2.24. The molecule has 4 rings (SSSR count). The van der Waals surface area contributed by atoms with Crippen molar-refractivity contribution in [2.45, 2.75) is 24.3 Å². The van der Waals surface area contributed by atoms with Crippen molar-refractivity contribution in [3.8, 4) is 11.5 Å². The van der Waals surface area contributed by atoms with Gasteiger partial charge in [-0.1, -0.05) is 36.4 Å². The highest BCUT2D eigenvalue weighted by Crippen LogP contribution is 2.37. The summed E-state index contributed by atoms with van der Waals surface area (Å²) in [5.74, 6) is 1.17. The molecule has 3 aromatic carbocycles. The van der Waals surface area contributed by atoms with Gasteiger partial charge in [0.05, 0.1) is 26.0 Å². The van der Waals surface area contributed by atoms with Crippen LogP contribution in [-0.4, -0.2) is 30.8 Å². The smallest absolute Gasteiger partial charge is 0.240 e. The summed E-state index contributed by atoms with van der Waals surface area (Å²) < 4.78 is 10.7. The number of methoxy groups -OCH3 is 2. The van der Waals surface area contributed by atoms with Gasteiger partial charge in [0, 0.05) is 23.9 Å². The predicted molar refractivity (Wildman–Crippen MR) is 131 cm³/mol. The fraction of sp³-hybridized carbons (Fsp3) is 0.200. The first kappa shape index (κ1) is 23.2. The van der Waals surface area contributed by atoms with Crippen molar-refractivity contribution in [3.05, 3.63) is 83.9 Å². The third-order valence-electron chi connectivity index (χ3n) is 5.03. The van der Waals surface area contributed by atoms with Crippen LogP contribution in [0.5, 0.6) is 11.5 Å². The number of nitrogens with zero attached hydrogens (tertiary/aromatic N) is 2. The number of nitrogen functional groups attached to an aromatic ring is 1. The average Bonchev–Trinajstić information content (AvgIpc) is 3.26. The summed E-state index contributed by atoms with van der Waals surface area (Å²) in [6.07, 6.45) is 0.624. The number of amides is 1. The van der Waals surface area contributed by atoms with E-state index in [0.29, 0.717) is 23.6 Å². The molecule has 0 spiro atoms. The molecular formula is C25H27N3O3S. The minimum absolute atomic E-state index is 0.106. The van der Waals surface area contributed by atoms with Crippen molar-refractivity contribution in [3.63, 3.8) is 0 Å². The van der Waals surface area contributed by atoms with Crippen LogP contribution in [-0.2, 0) is 4.79 Å². The molecule has 0 saturated carbocycles. The van der Waals surface area contributed by atoms with Crippen LogP contribution in [0.2, 0.25) is 0 Å². The molecule has 0 saturated heterocycles. The summed E-state index contributed by atoms with van der Waals surface area (Å²) in [5.41, 5.74) is 9.21. The number of hydrogen-bond donors (Lipinski definition) is 2. The first-order valence-electron chi connectivity index (χ1n) is 10.1. The summed E-state index contributed by atoms with van der Waals surface area (Å²) in [6.45, 7) is 1.52. The number of nitrogens with two attached hydrogens (primary N) is 1. The Hall–Kier alpha value is -3.45. The molecule has 2 N–H and O–H groups in total. The van der Waals surface area contributed by atoms with Gasteiger partial charge in [0.2, 0.25) is 5.91 Å². The van der Waals surface area contributed by atoms with Gasteiger partial charge in [0.25, 0.3) is 0 Å². The highest BCUT2D eigenvalue weighted by atomic mass is 32.1. The SMILES string of the molecule is COc1ccc(C2CC(c3ccc(N)cc3)=NN2C(C)=O)cc1OC.Sc1ccccc1. The highest BCUT2D eigenvalue weighted by Gasteiger charge is 2.31. The van der Waals surface area contributed by atoms with E-state index in [1.54, 1.807) is 14.2 Å². The molecule has 32 heavy (non-hydrogen) atoms. The topological polar surface area (TPSA) is 77.2 Å². The van der Waals surface area contributed by atoms with Gasteiger partial charge in [0.1, 0.15) is 0 Å². The normalized spacial score (nSPS) is 14.8. The van der Waals surface area contributed by atoms with E-state index in [0.717, 1.165) is 21.7 Å². The lowest BCUT2D eigenvalue weighted by Gasteiger charge is -2.21. The van der Waals surface area contributed by atoms with Crippen molar-refractivity contribution < 1.29 is 14.3 Å². The van der Waals surface area contributed by atoms with Crippen molar-refractivity contribution in [1.29, 1.82) is 0 Å². The molecule has 1 aliphatic rings. The highest BCUT2D eigenvalue weighted by molar-refractivity contribution is 7.80. The van der Waals surface area contributed by atoms with Crippen LogP contribution >= 0.6 is 12.6 Å². The number of carbonyl (C=O) groups is 1. The van der Waals surface area contributed by atoms with E-state index < -0.39 is 0 Å². The van der Waals surface area contributed by atoms with E-state index in [1.165, 1.54) is 11.9 Å². The molecule has 0 aromatic heterocycles. The third-order valence-corrected chi connectivity index (χ3v) is 5.32. The number of ether oxygens (including phenoxy) is 2. The minimum atomic E-state index is -0.176. The second kappa shape index (κ2) is 10.7. The number of benzene rings is 3. The van der Waals surface area contributed by atoms with E-state index in [2.05, 4.69) is 17.7 Å². The summed E-state index contributed by atoms with van der Waals surface area (Å²) >= 11 is 4.08. The first-order chi connectivity index (χ1) is 15.4. The summed E-state index contributed by atoms with van der Waals surface area (Å²) in [7, 11) is 3.19. The van der Waals surface area contributed by atoms with Crippen molar-refractivity contribution in [1.82, 2.24) is 5.01 Å². The number of hydrazone groups is 1. The molecule has 0 fully saturated rings. The second-order valence-electron chi connectivity index (χ2n) is 7.20. The Morgan fingerprint density at radius 3 is 2.19 bits per heavy atom. The van der Waals surface area contributed by atoms with Crippen molar-refractivity contribution >= 4 is 29.9 Å². The van der Waals surface area contributed by atoms with E-state index in [-0.39, 0.29) is 11.9 Å². The Morgan fingerprint density at radius 1 is 1.00 bits per heavy atom. The number of hydrogen-bond acceptors (Lipinski definition) is 6. The van der Waals surface area contributed by atoms with Gasteiger partial charge in [-0.2, -0.15) is 5.10 Å². The zero-order valence-electron chi connectivity index (χ0n) is 18.4. The standard InChI is InChI=1S/C19H21N3O3.C6H6S/c1-12(23)22-17(14-6-9-18(24-2)19(10-14)25-3)11-16(21-22)13-4-7-15(20)8-5-13;7-6-4-2-1-3-5-6/h4-10,17H,11,20H2,1-3H3;1-5,7H. The van der Waals surface area contributed by atoms with Gasteiger partial charge < -0.3 is 15.2 Å².